The SMILES string of the molecule is CC1=C[C@]23C(=O)[C@@H](C=C(CO)[C@@H](O)[C@]2(C)[C@H]1OC(=O)N1CCCC1C(F)(F)F)[C@H]1C(C[C@H]3C)C1(C)C. The van der Waals surface area contributed by atoms with Crippen molar-refractivity contribution in [3.8, 4) is 0 Å². The van der Waals surface area contributed by atoms with Gasteiger partial charge in [-0.3, -0.25) is 9.69 Å². The zero-order chi connectivity index (χ0) is 26.6. The van der Waals surface area contributed by atoms with Crippen molar-refractivity contribution in [3.63, 3.8) is 0 Å². The number of likely N-dealkylation sites (tertiary alicyclic amines) is 1. The minimum absolute atomic E-state index is 0.0510. The number of allylic oxidation sites excluding steroid dienone is 2. The van der Waals surface area contributed by atoms with E-state index in [-0.39, 0.29) is 42.4 Å². The highest BCUT2D eigenvalue weighted by atomic mass is 19.4. The van der Waals surface area contributed by atoms with Gasteiger partial charge >= 0.3 is 12.3 Å². The van der Waals surface area contributed by atoms with Crippen LogP contribution in [0.1, 0.15) is 53.9 Å². The number of Topliss-reactive ketones (excluding diaryl/α,β-unsaturated/α-hetero) is 1. The van der Waals surface area contributed by atoms with Crippen LogP contribution in [0.2, 0.25) is 0 Å². The molecule has 1 spiro atoms. The van der Waals surface area contributed by atoms with Gasteiger partial charge in [-0.25, -0.2) is 4.79 Å². The van der Waals surface area contributed by atoms with Crippen molar-refractivity contribution >= 4 is 11.9 Å². The number of ether oxygens (including phenoxy) is 1. The third kappa shape index (κ3) is 3.11. The van der Waals surface area contributed by atoms with E-state index in [4.69, 9.17) is 4.74 Å². The third-order valence-electron chi connectivity index (χ3n) is 10.5. The number of alkyl halides is 3. The van der Waals surface area contributed by atoms with Crippen molar-refractivity contribution in [3.05, 3.63) is 23.3 Å². The van der Waals surface area contributed by atoms with Gasteiger partial charge in [0.25, 0.3) is 0 Å². The van der Waals surface area contributed by atoms with Crippen LogP contribution >= 0.6 is 0 Å². The summed E-state index contributed by atoms with van der Waals surface area (Å²) in [6.45, 7) is 9.12. The second-order valence-corrected chi connectivity index (χ2v) is 12.5. The van der Waals surface area contributed by atoms with E-state index >= 15 is 0 Å². The number of amides is 1. The van der Waals surface area contributed by atoms with E-state index in [0.29, 0.717) is 22.0 Å². The first kappa shape index (κ1) is 25.8. The molecule has 1 aliphatic heterocycles. The molecule has 1 saturated heterocycles. The van der Waals surface area contributed by atoms with Crippen LogP contribution < -0.4 is 0 Å². The van der Waals surface area contributed by atoms with E-state index in [1.54, 1.807) is 19.9 Å². The quantitative estimate of drug-likeness (QED) is 0.541. The number of fused-ring (bicyclic) bond motifs is 3. The molecule has 0 aromatic carbocycles. The molecule has 2 N–H and O–H groups in total. The Morgan fingerprint density at radius 1 is 1.28 bits per heavy atom. The van der Waals surface area contributed by atoms with Crippen molar-refractivity contribution < 1.29 is 37.7 Å². The maximum absolute atomic E-state index is 14.4. The van der Waals surface area contributed by atoms with E-state index in [2.05, 4.69) is 13.8 Å². The minimum atomic E-state index is -4.57. The van der Waals surface area contributed by atoms with Gasteiger partial charge in [-0.2, -0.15) is 13.2 Å². The van der Waals surface area contributed by atoms with Gasteiger partial charge in [-0.1, -0.05) is 39.8 Å². The number of carbonyl (C=O) groups excluding carboxylic acids is 2. The van der Waals surface area contributed by atoms with E-state index in [1.807, 2.05) is 13.0 Å². The van der Waals surface area contributed by atoms with Gasteiger partial charge in [0.05, 0.1) is 23.5 Å². The first-order valence-electron chi connectivity index (χ1n) is 12.9. The lowest BCUT2D eigenvalue weighted by molar-refractivity contribution is -0.175. The lowest BCUT2D eigenvalue weighted by Crippen LogP contribution is -2.59. The summed E-state index contributed by atoms with van der Waals surface area (Å²) in [6.07, 6.45) is -3.79. The molecule has 5 rings (SSSR count). The number of nitrogens with zero attached hydrogens (tertiary/aromatic N) is 1. The van der Waals surface area contributed by atoms with Gasteiger partial charge in [0.2, 0.25) is 0 Å². The Kier molecular flexibility index (Phi) is 5.60. The van der Waals surface area contributed by atoms with Crippen LogP contribution in [0.3, 0.4) is 0 Å². The van der Waals surface area contributed by atoms with Crippen LogP contribution in [-0.2, 0) is 9.53 Å². The summed E-state index contributed by atoms with van der Waals surface area (Å²) in [5.74, 6) is -0.395. The summed E-state index contributed by atoms with van der Waals surface area (Å²) in [5.41, 5.74) is -1.77. The highest BCUT2D eigenvalue weighted by Gasteiger charge is 2.75. The Hall–Kier alpha value is -1.87. The first-order chi connectivity index (χ1) is 16.6. The average molecular weight is 512 g/mol. The van der Waals surface area contributed by atoms with Crippen molar-refractivity contribution in [1.29, 1.82) is 0 Å². The van der Waals surface area contributed by atoms with Crippen molar-refractivity contribution in [1.82, 2.24) is 4.90 Å². The molecule has 2 bridgehead atoms. The molecule has 0 aromatic heterocycles. The number of carbonyl (C=O) groups is 2. The maximum Gasteiger partial charge on any atom is 0.410 e. The monoisotopic (exact) mass is 511 g/mol. The predicted molar refractivity (Wildman–Crippen MR) is 125 cm³/mol. The number of aliphatic hydroxyl groups excluding tert-OH is 2. The molecule has 5 aliphatic rings. The second kappa shape index (κ2) is 7.82. The highest BCUT2D eigenvalue weighted by Crippen LogP contribution is 2.73. The second-order valence-electron chi connectivity index (χ2n) is 12.5. The van der Waals surface area contributed by atoms with E-state index in [9.17, 15) is 33.0 Å². The van der Waals surface area contributed by atoms with Crippen LogP contribution in [0.25, 0.3) is 0 Å². The van der Waals surface area contributed by atoms with Gasteiger partial charge in [-0.15, -0.1) is 0 Å². The van der Waals surface area contributed by atoms with Crippen molar-refractivity contribution in [2.75, 3.05) is 13.2 Å². The predicted octanol–water partition coefficient (Wildman–Crippen LogP) is 4.26. The lowest BCUT2D eigenvalue weighted by atomic mass is 9.53. The molecular formula is C27H36F3NO5. The third-order valence-corrected chi connectivity index (χ3v) is 10.5. The molecule has 2 unspecified atom stereocenters. The molecule has 6 nitrogen and oxygen atoms in total. The van der Waals surface area contributed by atoms with Crippen LogP contribution in [0, 0.1) is 39.9 Å². The summed E-state index contributed by atoms with van der Waals surface area (Å²) >= 11 is 0. The topological polar surface area (TPSA) is 87.1 Å². The number of aliphatic hydroxyl groups is 2. The molecule has 2 saturated carbocycles. The largest absolute Gasteiger partial charge is 0.441 e. The Labute approximate surface area is 209 Å². The molecule has 0 radical (unpaired) electrons. The fourth-order valence-electron chi connectivity index (χ4n) is 8.59. The summed E-state index contributed by atoms with van der Waals surface area (Å²) in [4.78, 5) is 28.3. The number of rotatable bonds is 2. The maximum atomic E-state index is 14.4. The van der Waals surface area contributed by atoms with Crippen LogP contribution in [0.4, 0.5) is 18.0 Å². The number of halogens is 3. The van der Waals surface area contributed by atoms with E-state index < -0.39 is 53.9 Å². The molecule has 1 heterocycles. The van der Waals surface area contributed by atoms with Crippen molar-refractivity contribution in [2.45, 2.75) is 78.3 Å². The smallest absolute Gasteiger partial charge is 0.410 e. The molecule has 1 amide bonds. The normalized spacial score (nSPS) is 45.2. The lowest BCUT2D eigenvalue weighted by Gasteiger charge is -2.50. The number of hydrogen-bond donors (Lipinski definition) is 2. The summed E-state index contributed by atoms with van der Waals surface area (Å²) in [6, 6.07) is -1.92. The molecule has 0 aromatic rings. The van der Waals surface area contributed by atoms with E-state index in [0.717, 1.165) is 6.42 Å². The Morgan fingerprint density at radius 3 is 2.56 bits per heavy atom. The fourth-order valence-corrected chi connectivity index (χ4v) is 8.59. The van der Waals surface area contributed by atoms with Gasteiger partial charge in [0.1, 0.15) is 12.1 Å². The summed E-state index contributed by atoms with van der Waals surface area (Å²) < 4.78 is 46.5. The first-order valence-corrected chi connectivity index (χ1v) is 12.9. The van der Waals surface area contributed by atoms with Crippen LogP contribution in [-0.4, -0.2) is 64.6 Å². The van der Waals surface area contributed by atoms with Crippen molar-refractivity contribution in [2.24, 2.45) is 39.9 Å². The molecule has 9 atom stereocenters. The van der Waals surface area contributed by atoms with E-state index in [1.165, 1.54) is 0 Å². The zero-order valence-electron chi connectivity index (χ0n) is 21.4. The Morgan fingerprint density at radius 2 is 1.94 bits per heavy atom. The van der Waals surface area contributed by atoms with Gasteiger partial charge in [0, 0.05) is 12.5 Å². The molecule has 36 heavy (non-hydrogen) atoms. The Bertz CT molecular complexity index is 1050. The Balaban J connectivity index is 1.58. The molecule has 3 fully saturated rings. The zero-order valence-corrected chi connectivity index (χ0v) is 21.4. The minimum Gasteiger partial charge on any atom is -0.441 e. The summed E-state index contributed by atoms with van der Waals surface area (Å²) in [5, 5.41) is 22.0. The van der Waals surface area contributed by atoms with Gasteiger partial charge in [-0.05, 0) is 60.5 Å². The molecule has 4 aliphatic carbocycles. The average Bonchev–Trinajstić information content (AvgIpc) is 3.11. The fraction of sp³-hybridized carbons (Fsp3) is 0.778. The van der Waals surface area contributed by atoms with Gasteiger partial charge < -0.3 is 14.9 Å². The highest BCUT2D eigenvalue weighted by molar-refractivity contribution is 5.94. The molecule has 200 valence electrons. The summed E-state index contributed by atoms with van der Waals surface area (Å²) in [7, 11) is 0. The van der Waals surface area contributed by atoms with Crippen LogP contribution in [0.15, 0.2) is 23.3 Å². The van der Waals surface area contributed by atoms with Gasteiger partial charge in [0.15, 0.2) is 5.78 Å². The van der Waals surface area contributed by atoms with Crippen LogP contribution in [0.5, 0.6) is 0 Å². The molecule has 9 heteroatoms. The number of ketones is 1. The standard InChI is InChI=1S/C27H36F3NO5/c1-13-11-26-14(2)9-17-19(24(17,3)4)16(21(26)34)10-15(12-32)20(33)25(26,5)22(13)36-23(35)31-8-6-7-18(31)27(28,29)30/h10-11,14,16-20,22,32-33H,6-9,12H2,1-5H3/t14-,16+,17?,18?,19+,20-,22+,25-,26+/m1/s1. The molecular weight excluding hydrogens is 475 g/mol. The number of hydrogen-bond acceptors (Lipinski definition) is 5.